The van der Waals surface area contributed by atoms with E-state index in [1.165, 1.54) is 0 Å². The zero-order valence-corrected chi connectivity index (χ0v) is 15.7. The van der Waals surface area contributed by atoms with Gasteiger partial charge in [0.05, 0.1) is 5.54 Å². The number of carbonyl (C=O) groups is 1. The average molecular weight is 416 g/mol. The second-order valence-electron chi connectivity index (χ2n) is 6.02. The van der Waals surface area contributed by atoms with Crippen LogP contribution in [0.5, 0.6) is 0 Å². The number of benzene rings is 1. The van der Waals surface area contributed by atoms with Crippen LogP contribution in [0.15, 0.2) is 33.3 Å². The van der Waals surface area contributed by atoms with Crippen LogP contribution < -0.4 is 11.1 Å². The summed E-state index contributed by atoms with van der Waals surface area (Å²) < 4.78 is 6.22. The number of carbonyl (C=O) groups excluding carboxylic acids is 1. The van der Waals surface area contributed by atoms with Gasteiger partial charge < -0.3 is 15.6 Å². The van der Waals surface area contributed by atoms with Crippen LogP contribution in [-0.2, 0) is 5.54 Å². The second kappa shape index (κ2) is 7.63. The number of nitrogens with one attached hydrogen (secondary N) is 1. The normalized spacial score (nSPS) is 17.1. The van der Waals surface area contributed by atoms with Gasteiger partial charge in [-0.1, -0.05) is 33.9 Å². The van der Waals surface area contributed by atoms with Crippen molar-refractivity contribution in [3.63, 3.8) is 0 Å². The molecule has 0 saturated heterocycles. The number of hydrogen-bond acceptors (Lipinski definition) is 5. The van der Waals surface area contributed by atoms with E-state index in [4.69, 9.17) is 10.3 Å². The summed E-state index contributed by atoms with van der Waals surface area (Å²) in [6.45, 7) is 1.81. The lowest BCUT2D eigenvalue weighted by atomic mass is 9.99. The third-order valence-electron chi connectivity index (χ3n) is 4.21. The molecule has 1 heterocycles. The fourth-order valence-corrected chi connectivity index (χ4v) is 3.05. The number of aromatic nitrogens is 2. The summed E-state index contributed by atoms with van der Waals surface area (Å²) in [6, 6.07) is 6.76. The molecule has 3 N–H and O–H groups in total. The molecule has 2 aromatic rings. The highest BCUT2D eigenvalue weighted by molar-refractivity contribution is 9.10. The lowest BCUT2D eigenvalue weighted by Crippen LogP contribution is -2.34. The van der Waals surface area contributed by atoms with Crippen molar-refractivity contribution in [2.75, 3.05) is 0 Å². The summed E-state index contributed by atoms with van der Waals surface area (Å²) in [5.74, 6) is 0.727. The van der Waals surface area contributed by atoms with Gasteiger partial charge in [-0.25, -0.2) is 0 Å². The van der Waals surface area contributed by atoms with Gasteiger partial charge in [-0.05, 0) is 44.0 Å². The summed E-state index contributed by atoms with van der Waals surface area (Å²) >= 11 is 3.35. The number of hydrogen-bond donors (Lipinski definition) is 2. The zero-order chi connectivity index (χ0) is 16.4. The first-order valence-corrected chi connectivity index (χ1v) is 8.47. The van der Waals surface area contributed by atoms with Crippen molar-refractivity contribution in [3.8, 4) is 0 Å². The Hall–Kier alpha value is -1.44. The number of nitrogens with two attached hydrogens (primary N) is 1. The second-order valence-corrected chi connectivity index (χ2v) is 6.94. The average Bonchev–Trinajstić information content (AvgIpc) is 3.17. The summed E-state index contributed by atoms with van der Waals surface area (Å²) in [4.78, 5) is 16.6. The van der Waals surface area contributed by atoms with Crippen molar-refractivity contribution in [3.05, 3.63) is 46.0 Å². The molecule has 24 heavy (non-hydrogen) atoms. The minimum absolute atomic E-state index is 0. The Morgan fingerprint density at radius 1 is 1.33 bits per heavy atom. The van der Waals surface area contributed by atoms with E-state index in [0.717, 1.165) is 30.2 Å². The highest BCUT2D eigenvalue weighted by Gasteiger charge is 2.36. The van der Waals surface area contributed by atoms with Gasteiger partial charge in [0.2, 0.25) is 5.89 Å². The maximum Gasteiger partial charge on any atom is 0.251 e. The molecule has 0 radical (unpaired) electrons. The maximum absolute atomic E-state index is 12.2. The van der Waals surface area contributed by atoms with Crippen LogP contribution in [-0.4, -0.2) is 16.0 Å². The van der Waals surface area contributed by atoms with Crippen LogP contribution >= 0.6 is 28.3 Å². The Bertz CT molecular complexity index is 698. The highest BCUT2D eigenvalue weighted by atomic mass is 79.9. The van der Waals surface area contributed by atoms with Crippen molar-refractivity contribution in [1.82, 2.24) is 15.5 Å². The predicted molar refractivity (Wildman–Crippen MR) is 95.9 cm³/mol. The van der Waals surface area contributed by atoms with Gasteiger partial charge in [-0.15, -0.1) is 12.4 Å². The fraction of sp³-hybridized carbons (Fsp3) is 0.438. The molecular formula is C16H20BrClN4O2. The van der Waals surface area contributed by atoms with E-state index in [1.807, 2.05) is 19.1 Å². The van der Waals surface area contributed by atoms with Gasteiger partial charge in [-0.3, -0.25) is 4.79 Å². The fourth-order valence-electron chi connectivity index (χ4n) is 2.79. The molecule has 1 aromatic heterocycles. The van der Waals surface area contributed by atoms with Crippen LogP contribution in [0.4, 0.5) is 0 Å². The highest BCUT2D eigenvalue weighted by Crippen LogP contribution is 2.34. The quantitative estimate of drug-likeness (QED) is 0.797. The molecule has 1 atom stereocenters. The van der Waals surface area contributed by atoms with Gasteiger partial charge in [-0.2, -0.15) is 4.98 Å². The van der Waals surface area contributed by atoms with Crippen LogP contribution in [0.3, 0.4) is 0 Å². The Labute approximate surface area is 155 Å². The molecule has 3 rings (SSSR count). The molecule has 0 bridgehead atoms. The van der Waals surface area contributed by atoms with Crippen LogP contribution in [0.2, 0.25) is 0 Å². The first-order valence-electron chi connectivity index (χ1n) is 7.67. The van der Waals surface area contributed by atoms with Crippen molar-refractivity contribution < 1.29 is 9.32 Å². The van der Waals surface area contributed by atoms with E-state index in [-0.39, 0.29) is 24.4 Å². The van der Waals surface area contributed by atoms with Gasteiger partial charge in [0, 0.05) is 10.0 Å². The Morgan fingerprint density at radius 2 is 1.96 bits per heavy atom. The van der Waals surface area contributed by atoms with E-state index >= 15 is 0 Å². The van der Waals surface area contributed by atoms with Crippen molar-refractivity contribution in [1.29, 1.82) is 0 Å². The lowest BCUT2D eigenvalue weighted by Gasteiger charge is -2.17. The SMILES string of the molecule is CC(NC(=O)c1ccc(Br)cc1)c1nc(C2(N)CCCC2)no1.Cl. The maximum atomic E-state index is 12.2. The summed E-state index contributed by atoms with van der Waals surface area (Å²) in [7, 11) is 0. The van der Waals surface area contributed by atoms with Gasteiger partial charge >= 0.3 is 0 Å². The Morgan fingerprint density at radius 3 is 2.58 bits per heavy atom. The van der Waals surface area contributed by atoms with Gasteiger partial charge in [0.15, 0.2) is 5.82 Å². The molecule has 6 nitrogen and oxygen atoms in total. The number of halogens is 2. The van der Waals surface area contributed by atoms with E-state index < -0.39 is 5.54 Å². The van der Waals surface area contributed by atoms with Gasteiger partial charge in [0.25, 0.3) is 5.91 Å². The standard InChI is InChI=1S/C16H19BrN4O2.ClH/c1-10(19-13(22)11-4-6-12(17)7-5-11)14-20-15(21-23-14)16(18)8-2-3-9-16;/h4-7,10H,2-3,8-9,18H2,1H3,(H,19,22);1H. The minimum atomic E-state index is -0.489. The molecule has 0 spiro atoms. The summed E-state index contributed by atoms with van der Waals surface area (Å²) in [5, 5.41) is 6.87. The Balaban J connectivity index is 0.00000208. The van der Waals surface area contributed by atoms with Crippen molar-refractivity contribution in [2.45, 2.75) is 44.2 Å². The lowest BCUT2D eigenvalue weighted by molar-refractivity contribution is 0.0932. The monoisotopic (exact) mass is 414 g/mol. The molecular weight excluding hydrogens is 396 g/mol. The molecule has 1 fully saturated rings. The van der Waals surface area contributed by atoms with Gasteiger partial charge in [0.1, 0.15) is 6.04 Å². The first kappa shape index (κ1) is 18.9. The first-order chi connectivity index (χ1) is 11.0. The molecule has 1 unspecified atom stereocenters. The number of amides is 1. The third kappa shape index (κ3) is 3.96. The van der Waals surface area contributed by atoms with Crippen LogP contribution in [0.25, 0.3) is 0 Å². The van der Waals surface area contributed by atoms with E-state index in [2.05, 4.69) is 31.4 Å². The van der Waals surface area contributed by atoms with E-state index in [9.17, 15) is 4.79 Å². The zero-order valence-electron chi connectivity index (χ0n) is 13.3. The summed E-state index contributed by atoms with van der Waals surface area (Å²) in [5.41, 5.74) is 6.41. The number of nitrogens with zero attached hydrogens (tertiary/aromatic N) is 2. The molecule has 8 heteroatoms. The third-order valence-corrected chi connectivity index (χ3v) is 4.74. The van der Waals surface area contributed by atoms with E-state index in [0.29, 0.717) is 17.3 Å². The smallest absolute Gasteiger partial charge is 0.251 e. The number of rotatable bonds is 4. The van der Waals surface area contributed by atoms with Crippen molar-refractivity contribution in [2.24, 2.45) is 5.73 Å². The minimum Gasteiger partial charge on any atom is -0.341 e. The molecule has 0 aliphatic heterocycles. The predicted octanol–water partition coefficient (Wildman–Crippen LogP) is 3.47. The molecule has 1 aliphatic carbocycles. The summed E-state index contributed by atoms with van der Waals surface area (Å²) in [6.07, 6.45) is 3.89. The van der Waals surface area contributed by atoms with Crippen molar-refractivity contribution >= 4 is 34.2 Å². The molecule has 1 aliphatic rings. The molecule has 130 valence electrons. The van der Waals surface area contributed by atoms with Crippen LogP contribution in [0.1, 0.15) is 60.7 Å². The largest absolute Gasteiger partial charge is 0.341 e. The molecule has 1 amide bonds. The Kier molecular flexibility index (Phi) is 6.01. The van der Waals surface area contributed by atoms with E-state index in [1.54, 1.807) is 12.1 Å². The van der Waals surface area contributed by atoms with Crippen LogP contribution in [0, 0.1) is 0 Å². The topological polar surface area (TPSA) is 94.0 Å². The molecule has 1 saturated carbocycles. The molecule has 1 aromatic carbocycles.